The fourth-order valence-electron chi connectivity index (χ4n) is 2.09. The number of nitrogens with zero attached hydrogens (tertiary/aromatic N) is 1. The van der Waals surface area contributed by atoms with Crippen molar-refractivity contribution in [1.29, 1.82) is 0 Å². The van der Waals surface area contributed by atoms with Gasteiger partial charge in [-0.05, 0) is 36.4 Å². The summed E-state index contributed by atoms with van der Waals surface area (Å²) in [6.07, 6.45) is -3.00. The molecule has 0 radical (unpaired) electrons. The van der Waals surface area contributed by atoms with E-state index < -0.39 is 11.7 Å². The Morgan fingerprint density at radius 3 is 2.55 bits per heavy atom. The van der Waals surface area contributed by atoms with Crippen LogP contribution < -0.4 is 10.5 Å². The van der Waals surface area contributed by atoms with Gasteiger partial charge in [0.2, 0.25) is 0 Å². The molecule has 112 valence electrons. The van der Waals surface area contributed by atoms with Crippen LogP contribution in [-0.2, 0) is 6.18 Å². The molecule has 2 N–H and O–H groups in total. The molecule has 0 spiro atoms. The van der Waals surface area contributed by atoms with Gasteiger partial charge in [-0.2, -0.15) is 13.2 Å². The molecule has 0 saturated heterocycles. The Balaban J connectivity index is 2.04. The lowest BCUT2D eigenvalue weighted by atomic mass is 10.1. The molecule has 3 nitrogen and oxygen atoms in total. The van der Waals surface area contributed by atoms with Crippen molar-refractivity contribution in [1.82, 2.24) is 4.98 Å². The first kappa shape index (κ1) is 14.2. The van der Waals surface area contributed by atoms with Crippen LogP contribution in [0.5, 0.6) is 11.5 Å². The smallest absolute Gasteiger partial charge is 0.416 e. The predicted molar refractivity (Wildman–Crippen MR) is 77.7 cm³/mol. The molecule has 1 heterocycles. The number of hydrogen-bond donors (Lipinski definition) is 1. The van der Waals surface area contributed by atoms with Gasteiger partial charge in [0.25, 0.3) is 0 Å². The second kappa shape index (κ2) is 5.22. The third kappa shape index (κ3) is 2.81. The minimum atomic E-state index is -4.40. The Hall–Kier alpha value is -2.76. The average molecular weight is 304 g/mol. The molecule has 0 unspecified atom stereocenters. The topological polar surface area (TPSA) is 48.1 Å². The molecular weight excluding hydrogens is 293 g/mol. The first-order chi connectivity index (χ1) is 10.4. The number of pyridine rings is 1. The van der Waals surface area contributed by atoms with Crippen LogP contribution in [0.4, 0.5) is 18.9 Å². The highest BCUT2D eigenvalue weighted by Crippen LogP contribution is 2.34. The minimum Gasteiger partial charge on any atom is -0.457 e. The van der Waals surface area contributed by atoms with Crippen LogP contribution in [0.2, 0.25) is 0 Å². The molecular formula is C16H11F3N2O. The highest BCUT2D eigenvalue weighted by molar-refractivity contribution is 5.85. The second-order valence-corrected chi connectivity index (χ2v) is 4.71. The summed E-state index contributed by atoms with van der Waals surface area (Å²) in [5.74, 6) is 0.928. The number of benzene rings is 2. The lowest BCUT2D eigenvalue weighted by molar-refractivity contribution is -0.137. The summed E-state index contributed by atoms with van der Waals surface area (Å²) >= 11 is 0. The fraction of sp³-hybridized carbons (Fsp3) is 0.0625. The van der Waals surface area contributed by atoms with Gasteiger partial charge in [-0.25, -0.2) is 0 Å². The first-order valence-corrected chi connectivity index (χ1v) is 6.43. The van der Waals surface area contributed by atoms with E-state index >= 15 is 0 Å². The zero-order chi connectivity index (χ0) is 15.7. The molecule has 0 fully saturated rings. The molecule has 0 amide bonds. The van der Waals surface area contributed by atoms with E-state index in [-0.39, 0.29) is 5.52 Å². The summed E-state index contributed by atoms with van der Waals surface area (Å²) in [4.78, 5) is 3.97. The van der Waals surface area contributed by atoms with E-state index in [0.29, 0.717) is 22.6 Å². The van der Waals surface area contributed by atoms with E-state index in [2.05, 4.69) is 4.98 Å². The van der Waals surface area contributed by atoms with Crippen LogP contribution in [0.1, 0.15) is 5.56 Å². The number of aromatic nitrogens is 1. The number of ether oxygens (including phenoxy) is 1. The summed E-state index contributed by atoms with van der Waals surface area (Å²) in [6.45, 7) is 0. The highest BCUT2D eigenvalue weighted by atomic mass is 19.4. The van der Waals surface area contributed by atoms with Crippen LogP contribution in [-0.4, -0.2) is 4.98 Å². The molecule has 6 heteroatoms. The van der Waals surface area contributed by atoms with E-state index in [1.54, 1.807) is 30.3 Å². The number of nitrogen functional groups attached to an aromatic ring is 1. The molecule has 3 rings (SSSR count). The molecule has 2 aromatic carbocycles. The number of hydrogen-bond acceptors (Lipinski definition) is 3. The number of halogens is 3. The van der Waals surface area contributed by atoms with Crippen molar-refractivity contribution < 1.29 is 17.9 Å². The third-order valence-electron chi connectivity index (χ3n) is 3.12. The monoisotopic (exact) mass is 304 g/mol. The maximum absolute atomic E-state index is 12.7. The summed E-state index contributed by atoms with van der Waals surface area (Å²) in [5.41, 5.74) is 5.69. The van der Waals surface area contributed by atoms with E-state index in [1.807, 2.05) is 0 Å². The summed E-state index contributed by atoms with van der Waals surface area (Å²) < 4.78 is 43.9. The number of anilines is 1. The zero-order valence-corrected chi connectivity index (χ0v) is 11.3. The summed E-state index contributed by atoms with van der Waals surface area (Å²) in [5, 5.41) is 0.498. The van der Waals surface area contributed by atoms with Gasteiger partial charge in [0.05, 0.1) is 11.1 Å². The minimum absolute atomic E-state index is 0.219. The normalized spacial score (nSPS) is 11.6. The van der Waals surface area contributed by atoms with Crippen molar-refractivity contribution in [2.45, 2.75) is 6.18 Å². The quantitative estimate of drug-likeness (QED) is 0.702. The van der Waals surface area contributed by atoms with E-state index in [4.69, 9.17) is 10.5 Å². The van der Waals surface area contributed by atoms with Gasteiger partial charge in [0, 0.05) is 23.3 Å². The molecule has 3 aromatic rings. The molecule has 0 aliphatic carbocycles. The van der Waals surface area contributed by atoms with Gasteiger partial charge in [0.1, 0.15) is 11.5 Å². The lowest BCUT2D eigenvalue weighted by Gasteiger charge is -2.11. The van der Waals surface area contributed by atoms with Gasteiger partial charge in [-0.1, -0.05) is 6.07 Å². The van der Waals surface area contributed by atoms with Crippen LogP contribution >= 0.6 is 0 Å². The van der Waals surface area contributed by atoms with Gasteiger partial charge in [-0.15, -0.1) is 0 Å². The van der Waals surface area contributed by atoms with Crippen LogP contribution in [0, 0.1) is 0 Å². The number of fused-ring (bicyclic) bond motifs is 1. The first-order valence-electron chi connectivity index (χ1n) is 6.43. The van der Waals surface area contributed by atoms with Gasteiger partial charge >= 0.3 is 6.18 Å². The third-order valence-corrected chi connectivity index (χ3v) is 3.12. The average Bonchev–Trinajstić information content (AvgIpc) is 2.46. The van der Waals surface area contributed by atoms with Crippen LogP contribution in [0.15, 0.2) is 54.7 Å². The fourth-order valence-corrected chi connectivity index (χ4v) is 2.09. The maximum atomic E-state index is 12.7. The van der Waals surface area contributed by atoms with Crippen molar-refractivity contribution in [2.24, 2.45) is 0 Å². The number of rotatable bonds is 2. The number of nitrogens with two attached hydrogens (primary N) is 1. The SMILES string of the molecule is Nc1cccc(Oc2ccnc3cc(C(F)(F)F)ccc23)c1. The molecule has 22 heavy (non-hydrogen) atoms. The van der Waals surface area contributed by atoms with Crippen molar-refractivity contribution in [3.05, 3.63) is 60.3 Å². The van der Waals surface area contributed by atoms with Crippen molar-refractivity contribution in [2.75, 3.05) is 5.73 Å². The Morgan fingerprint density at radius 2 is 1.82 bits per heavy atom. The summed E-state index contributed by atoms with van der Waals surface area (Å²) in [7, 11) is 0. The maximum Gasteiger partial charge on any atom is 0.416 e. The standard InChI is InChI=1S/C16H11F3N2O/c17-16(18,19)10-4-5-13-14(8-10)21-7-6-15(13)22-12-3-1-2-11(20)9-12/h1-9H,20H2. The zero-order valence-electron chi connectivity index (χ0n) is 11.3. The largest absolute Gasteiger partial charge is 0.457 e. The van der Waals surface area contributed by atoms with Gasteiger partial charge in [0.15, 0.2) is 0 Å². The Morgan fingerprint density at radius 1 is 1.00 bits per heavy atom. The molecule has 0 atom stereocenters. The van der Waals surface area contributed by atoms with E-state index in [9.17, 15) is 13.2 Å². The van der Waals surface area contributed by atoms with Crippen molar-refractivity contribution in [3.8, 4) is 11.5 Å². The van der Waals surface area contributed by atoms with Crippen LogP contribution in [0.25, 0.3) is 10.9 Å². The van der Waals surface area contributed by atoms with Crippen LogP contribution in [0.3, 0.4) is 0 Å². The van der Waals surface area contributed by atoms with Gasteiger partial charge < -0.3 is 10.5 Å². The second-order valence-electron chi connectivity index (χ2n) is 4.71. The van der Waals surface area contributed by atoms with E-state index in [1.165, 1.54) is 12.3 Å². The van der Waals surface area contributed by atoms with Crippen molar-refractivity contribution in [3.63, 3.8) is 0 Å². The predicted octanol–water partition coefficient (Wildman–Crippen LogP) is 4.63. The molecule has 0 aliphatic rings. The molecule has 0 saturated carbocycles. The van der Waals surface area contributed by atoms with E-state index in [0.717, 1.165) is 12.1 Å². The molecule has 1 aromatic heterocycles. The Labute approximate surface area is 124 Å². The molecule has 0 aliphatic heterocycles. The summed E-state index contributed by atoms with van der Waals surface area (Å²) in [6, 6.07) is 11.8. The Kier molecular flexibility index (Phi) is 3.36. The van der Waals surface area contributed by atoms with Gasteiger partial charge in [-0.3, -0.25) is 4.98 Å². The highest BCUT2D eigenvalue weighted by Gasteiger charge is 2.30. The Bertz CT molecular complexity index is 831. The number of alkyl halides is 3. The lowest BCUT2D eigenvalue weighted by Crippen LogP contribution is -2.04. The van der Waals surface area contributed by atoms with Crippen molar-refractivity contribution >= 4 is 16.6 Å². The molecule has 0 bridgehead atoms.